The lowest BCUT2D eigenvalue weighted by Gasteiger charge is -2.44. The van der Waals surface area contributed by atoms with E-state index in [0.29, 0.717) is 25.0 Å². The Morgan fingerprint density at radius 3 is 2.33 bits per heavy atom. The second kappa shape index (κ2) is 7.58. The molecule has 0 amide bonds. The van der Waals surface area contributed by atoms with Crippen LogP contribution in [-0.4, -0.2) is 40.4 Å². The zero-order valence-corrected chi connectivity index (χ0v) is 15.4. The van der Waals surface area contributed by atoms with E-state index in [1.807, 2.05) is 24.3 Å². The maximum Gasteiger partial charge on any atom is 0.129 e. The first kappa shape index (κ1) is 18.4. The molecule has 2 heterocycles. The first-order valence-corrected chi connectivity index (χ1v) is 9.65. The van der Waals surface area contributed by atoms with Crippen molar-refractivity contribution in [2.75, 3.05) is 13.2 Å². The molecule has 0 radical (unpaired) electrons. The summed E-state index contributed by atoms with van der Waals surface area (Å²) in [5.74, 6) is 0.440. The Bertz CT molecular complexity index is 765. The topological polar surface area (TPSA) is 52.9 Å². The van der Waals surface area contributed by atoms with Crippen LogP contribution >= 0.6 is 0 Å². The van der Waals surface area contributed by atoms with Crippen molar-refractivity contribution in [3.63, 3.8) is 0 Å². The number of aliphatic hydroxyl groups is 2. The molecule has 2 aromatic carbocycles. The van der Waals surface area contributed by atoms with Gasteiger partial charge in [0.2, 0.25) is 0 Å². The summed E-state index contributed by atoms with van der Waals surface area (Å²) in [5, 5.41) is 20.0. The highest BCUT2D eigenvalue weighted by atomic mass is 19.1. The Morgan fingerprint density at radius 1 is 1.04 bits per heavy atom. The maximum atomic E-state index is 14.3. The summed E-state index contributed by atoms with van der Waals surface area (Å²) in [5.41, 5.74) is 0.557. The van der Waals surface area contributed by atoms with Crippen LogP contribution in [0.25, 0.3) is 0 Å². The molecule has 0 saturated carbocycles. The van der Waals surface area contributed by atoms with E-state index < -0.39 is 5.60 Å². The van der Waals surface area contributed by atoms with Crippen molar-refractivity contribution >= 4 is 0 Å². The Labute approximate surface area is 159 Å². The maximum absolute atomic E-state index is 14.3. The van der Waals surface area contributed by atoms with Gasteiger partial charge in [0, 0.05) is 24.2 Å². The van der Waals surface area contributed by atoms with E-state index in [0.717, 1.165) is 25.1 Å². The Kier molecular flexibility index (Phi) is 5.17. The monoisotopic (exact) mass is 371 g/mol. The number of benzene rings is 2. The summed E-state index contributed by atoms with van der Waals surface area (Å²) < 4.78 is 19.7. The van der Waals surface area contributed by atoms with Crippen LogP contribution in [0.3, 0.4) is 0 Å². The molecule has 144 valence electrons. The average molecular weight is 371 g/mol. The molecule has 2 N–H and O–H groups in total. The van der Waals surface area contributed by atoms with Gasteiger partial charge in [0.1, 0.15) is 18.2 Å². The fourth-order valence-electron chi connectivity index (χ4n) is 4.70. The molecule has 0 aliphatic carbocycles. The number of halogens is 1. The number of piperidine rings is 1. The van der Waals surface area contributed by atoms with Crippen LogP contribution in [-0.2, 0) is 12.1 Å². The smallest absolute Gasteiger partial charge is 0.129 e. The second-order valence-electron chi connectivity index (χ2n) is 7.69. The quantitative estimate of drug-likeness (QED) is 0.819. The van der Waals surface area contributed by atoms with Crippen LogP contribution in [0.4, 0.5) is 4.39 Å². The third kappa shape index (κ3) is 3.72. The van der Waals surface area contributed by atoms with Gasteiger partial charge in [-0.25, -0.2) is 4.39 Å². The number of hydrogen-bond acceptors (Lipinski definition) is 4. The van der Waals surface area contributed by atoms with Crippen LogP contribution in [0, 0.1) is 5.82 Å². The van der Waals surface area contributed by atoms with Crippen LogP contribution in [0.5, 0.6) is 5.75 Å². The molecule has 2 aliphatic heterocycles. The van der Waals surface area contributed by atoms with Crippen LogP contribution in [0.1, 0.15) is 36.8 Å². The molecule has 2 fully saturated rings. The predicted molar refractivity (Wildman–Crippen MR) is 101 cm³/mol. The van der Waals surface area contributed by atoms with Gasteiger partial charge in [0.15, 0.2) is 0 Å². The molecule has 27 heavy (non-hydrogen) atoms. The van der Waals surface area contributed by atoms with Crippen LogP contribution in [0.2, 0.25) is 0 Å². The summed E-state index contributed by atoms with van der Waals surface area (Å²) in [4.78, 5) is 2.46. The van der Waals surface area contributed by atoms with Gasteiger partial charge in [-0.1, -0.05) is 30.3 Å². The summed E-state index contributed by atoms with van der Waals surface area (Å²) in [7, 11) is 0. The van der Waals surface area contributed by atoms with E-state index in [1.54, 1.807) is 18.2 Å². The van der Waals surface area contributed by atoms with Gasteiger partial charge in [0.25, 0.3) is 0 Å². The number of rotatable bonds is 6. The van der Waals surface area contributed by atoms with E-state index in [9.17, 15) is 9.50 Å². The molecule has 2 aliphatic rings. The molecule has 0 spiro atoms. The van der Waals surface area contributed by atoms with Crippen molar-refractivity contribution in [3.8, 4) is 5.75 Å². The number of nitrogens with zero attached hydrogens (tertiary/aromatic N) is 1. The van der Waals surface area contributed by atoms with E-state index in [4.69, 9.17) is 9.84 Å². The van der Waals surface area contributed by atoms with Crippen molar-refractivity contribution in [3.05, 3.63) is 65.5 Å². The summed E-state index contributed by atoms with van der Waals surface area (Å²) in [6.07, 6.45) is 3.22. The molecule has 4 rings (SSSR count). The minimum atomic E-state index is -1.07. The summed E-state index contributed by atoms with van der Waals surface area (Å²) in [6.45, 7) is 1.12. The molecule has 0 aromatic heterocycles. The van der Waals surface area contributed by atoms with E-state index >= 15 is 0 Å². The standard InChI is InChI=1S/C22H26FNO3/c23-21-4-2-1-3-20(21)22(26)13-17-7-8-18(14-22)24(17)15-16-5-9-19(10-6-16)27-12-11-25/h1-6,9-10,17-18,25-26H,7-8,11-15H2/t17-,18-/m0/s1. The number of fused-ring (bicyclic) bond motifs is 2. The predicted octanol–water partition coefficient (Wildman–Crippen LogP) is 3.21. The molecule has 2 saturated heterocycles. The zero-order chi connectivity index (χ0) is 18.9. The summed E-state index contributed by atoms with van der Waals surface area (Å²) >= 11 is 0. The van der Waals surface area contributed by atoms with Crippen molar-refractivity contribution in [2.45, 2.75) is 49.9 Å². The van der Waals surface area contributed by atoms with Gasteiger partial charge in [-0.05, 0) is 49.4 Å². The van der Waals surface area contributed by atoms with Gasteiger partial charge in [-0.2, -0.15) is 0 Å². The average Bonchev–Trinajstić information content (AvgIpc) is 2.91. The minimum Gasteiger partial charge on any atom is -0.491 e. The Balaban J connectivity index is 1.46. The van der Waals surface area contributed by atoms with E-state index in [2.05, 4.69) is 4.90 Å². The third-order valence-corrected chi connectivity index (χ3v) is 5.94. The number of hydrogen-bond donors (Lipinski definition) is 2. The van der Waals surface area contributed by atoms with Gasteiger partial charge < -0.3 is 14.9 Å². The lowest BCUT2D eigenvalue weighted by molar-refractivity contribution is -0.0615. The summed E-state index contributed by atoms with van der Waals surface area (Å²) in [6, 6.07) is 15.1. The highest BCUT2D eigenvalue weighted by Gasteiger charge is 2.48. The van der Waals surface area contributed by atoms with Crippen LogP contribution in [0.15, 0.2) is 48.5 Å². The van der Waals surface area contributed by atoms with E-state index in [1.165, 1.54) is 11.6 Å². The lowest BCUT2D eigenvalue weighted by atomic mass is 9.80. The first-order chi connectivity index (χ1) is 13.1. The lowest BCUT2D eigenvalue weighted by Crippen LogP contribution is -2.49. The fourth-order valence-corrected chi connectivity index (χ4v) is 4.70. The molecule has 2 atom stereocenters. The largest absolute Gasteiger partial charge is 0.491 e. The number of ether oxygens (including phenoxy) is 1. The second-order valence-corrected chi connectivity index (χ2v) is 7.69. The van der Waals surface area contributed by atoms with Gasteiger partial charge in [0.05, 0.1) is 12.2 Å². The van der Waals surface area contributed by atoms with Crippen molar-refractivity contribution in [1.29, 1.82) is 0 Å². The van der Waals surface area contributed by atoms with Crippen LogP contribution < -0.4 is 4.74 Å². The fraction of sp³-hybridized carbons (Fsp3) is 0.455. The highest BCUT2D eigenvalue weighted by Crippen LogP contribution is 2.46. The Hall–Kier alpha value is -1.95. The minimum absolute atomic E-state index is 0.00378. The van der Waals surface area contributed by atoms with Gasteiger partial charge in [-0.15, -0.1) is 0 Å². The SMILES string of the molecule is OCCOc1ccc(CN2[C@H]3CC[C@H]2CC(O)(c2ccccc2F)C3)cc1. The molecule has 2 aromatic rings. The molecular formula is C22H26FNO3. The molecular weight excluding hydrogens is 345 g/mol. The van der Waals surface area contributed by atoms with Crippen molar-refractivity contribution in [2.24, 2.45) is 0 Å². The van der Waals surface area contributed by atoms with Gasteiger partial charge >= 0.3 is 0 Å². The van der Waals surface area contributed by atoms with Crippen molar-refractivity contribution < 1.29 is 19.3 Å². The van der Waals surface area contributed by atoms with E-state index in [-0.39, 0.29) is 24.5 Å². The number of aliphatic hydroxyl groups excluding tert-OH is 1. The van der Waals surface area contributed by atoms with Crippen molar-refractivity contribution in [1.82, 2.24) is 4.90 Å². The molecule has 2 bridgehead atoms. The Morgan fingerprint density at radius 2 is 1.70 bits per heavy atom. The molecule has 4 nitrogen and oxygen atoms in total. The normalized spacial score (nSPS) is 27.7. The highest BCUT2D eigenvalue weighted by molar-refractivity contribution is 5.29. The zero-order valence-electron chi connectivity index (χ0n) is 15.4. The third-order valence-electron chi connectivity index (χ3n) is 5.94. The molecule has 0 unspecified atom stereocenters. The first-order valence-electron chi connectivity index (χ1n) is 9.65. The molecule has 5 heteroatoms. The van der Waals surface area contributed by atoms with Gasteiger partial charge in [-0.3, -0.25) is 4.90 Å².